The van der Waals surface area contributed by atoms with Crippen molar-refractivity contribution in [3.8, 4) is 5.75 Å². The second kappa shape index (κ2) is 6.51. The maximum atomic E-state index is 11.1. The molecule has 2 aromatic rings. The van der Waals surface area contributed by atoms with E-state index in [1.165, 1.54) is 6.07 Å². The van der Waals surface area contributed by atoms with Crippen molar-refractivity contribution in [2.75, 3.05) is 42.6 Å². The summed E-state index contributed by atoms with van der Waals surface area (Å²) in [6.07, 6.45) is 0. The molecule has 6 heteroatoms. The molecule has 1 aromatic heterocycles. The number of benzene rings is 1. The molecule has 1 aliphatic heterocycles. The van der Waals surface area contributed by atoms with Crippen molar-refractivity contribution in [2.24, 2.45) is 0 Å². The van der Waals surface area contributed by atoms with Crippen LogP contribution >= 0.6 is 0 Å². The first kappa shape index (κ1) is 14.4. The van der Waals surface area contributed by atoms with E-state index in [1.54, 1.807) is 6.07 Å². The van der Waals surface area contributed by atoms with Crippen LogP contribution in [0.25, 0.3) is 0 Å². The molecule has 1 fully saturated rings. The van der Waals surface area contributed by atoms with E-state index in [1.807, 2.05) is 25.1 Å². The number of aromatic nitrogens is 2. The van der Waals surface area contributed by atoms with E-state index in [9.17, 15) is 4.79 Å². The predicted octanol–water partition coefficient (Wildman–Crippen LogP) is 1.50. The number of piperazine rings is 1. The number of nitrogens with zero attached hydrogens (tertiary/aromatic N) is 3. The molecule has 1 aromatic carbocycles. The minimum absolute atomic E-state index is 0.173. The highest BCUT2D eigenvalue weighted by Gasteiger charge is 2.20. The van der Waals surface area contributed by atoms with E-state index < -0.39 is 0 Å². The van der Waals surface area contributed by atoms with Gasteiger partial charge in [-0.05, 0) is 25.1 Å². The molecule has 1 N–H and O–H groups in total. The van der Waals surface area contributed by atoms with Gasteiger partial charge in [0, 0.05) is 32.2 Å². The van der Waals surface area contributed by atoms with Gasteiger partial charge in [-0.25, -0.2) is 5.10 Å². The van der Waals surface area contributed by atoms with E-state index in [-0.39, 0.29) is 5.56 Å². The van der Waals surface area contributed by atoms with Crippen LogP contribution in [0.1, 0.15) is 6.92 Å². The third kappa shape index (κ3) is 3.05. The summed E-state index contributed by atoms with van der Waals surface area (Å²) in [5.41, 5.74) is 0.964. The van der Waals surface area contributed by atoms with E-state index in [4.69, 9.17) is 4.74 Å². The molecule has 2 heterocycles. The van der Waals surface area contributed by atoms with Gasteiger partial charge in [-0.2, -0.15) is 5.10 Å². The minimum Gasteiger partial charge on any atom is -0.492 e. The van der Waals surface area contributed by atoms with Crippen LogP contribution in [-0.2, 0) is 0 Å². The second-order valence-corrected chi connectivity index (χ2v) is 5.15. The van der Waals surface area contributed by atoms with Crippen LogP contribution in [-0.4, -0.2) is 43.0 Å². The second-order valence-electron chi connectivity index (χ2n) is 5.15. The van der Waals surface area contributed by atoms with Crippen LogP contribution in [0.4, 0.5) is 11.5 Å². The van der Waals surface area contributed by atoms with Crippen molar-refractivity contribution >= 4 is 11.5 Å². The van der Waals surface area contributed by atoms with Crippen molar-refractivity contribution in [1.82, 2.24) is 10.2 Å². The lowest BCUT2D eigenvalue weighted by Crippen LogP contribution is -2.47. The number of aromatic amines is 1. The molecule has 0 unspecified atom stereocenters. The van der Waals surface area contributed by atoms with Crippen molar-refractivity contribution in [3.63, 3.8) is 0 Å². The number of hydrogen-bond donors (Lipinski definition) is 1. The molecule has 22 heavy (non-hydrogen) atoms. The fourth-order valence-corrected chi connectivity index (χ4v) is 2.69. The van der Waals surface area contributed by atoms with Gasteiger partial charge < -0.3 is 14.5 Å². The van der Waals surface area contributed by atoms with E-state index in [0.717, 1.165) is 43.4 Å². The lowest BCUT2D eigenvalue weighted by molar-refractivity contribution is 0.340. The summed E-state index contributed by atoms with van der Waals surface area (Å²) in [5, 5.41) is 6.58. The molecule has 6 nitrogen and oxygen atoms in total. The number of nitrogens with one attached hydrogen (secondary N) is 1. The summed E-state index contributed by atoms with van der Waals surface area (Å²) >= 11 is 0. The van der Waals surface area contributed by atoms with E-state index in [2.05, 4.69) is 26.1 Å². The van der Waals surface area contributed by atoms with Gasteiger partial charge in [0.1, 0.15) is 11.6 Å². The zero-order valence-corrected chi connectivity index (χ0v) is 12.7. The lowest BCUT2D eigenvalue weighted by Gasteiger charge is -2.37. The number of rotatable bonds is 4. The van der Waals surface area contributed by atoms with Gasteiger partial charge in [-0.1, -0.05) is 12.1 Å². The SMILES string of the molecule is CCOc1ccccc1N1CCN(c2ccc(=O)[nH]n2)CC1. The molecule has 0 radical (unpaired) electrons. The van der Waals surface area contributed by atoms with Crippen molar-refractivity contribution in [2.45, 2.75) is 6.92 Å². The van der Waals surface area contributed by atoms with Crippen LogP contribution in [0, 0.1) is 0 Å². The highest BCUT2D eigenvalue weighted by atomic mass is 16.5. The predicted molar refractivity (Wildman–Crippen MR) is 86.9 cm³/mol. The average Bonchev–Trinajstić information content (AvgIpc) is 2.57. The lowest BCUT2D eigenvalue weighted by atomic mass is 10.2. The molecule has 1 saturated heterocycles. The Hall–Kier alpha value is -2.50. The van der Waals surface area contributed by atoms with Crippen LogP contribution in [0.3, 0.4) is 0 Å². The summed E-state index contributed by atoms with van der Waals surface area (Å²) in [6.45, 7) is 6.17. The summed E-state index contributed by atoms with van der Waals surface area (Å²) in [6, 6.07) is 11.4. The van der Waals surface area contributed by atoms with Gasteiger partial charge >= 0.3 is 0 Å². The van der Waals surface area contributed by atoms with Gasteiger partial charge in [0.25, 0.3) is 5.56 Å². The third-order valence-corrected chi connectivity index (χ3v) is 3.77. The van der Waals surface area contributed by atoms with Crippen LogP contribution in [0.15, 0.2) is 41.2 Å². The molecule has 1 aliphatic rings. The number of ether oxygens (including phenoxy) is 1. The fourth-order valence-electron chi connectivity index (χ4n) is 2.69. The van der Waals surface area contributed by atoms with Gasteiger partial charge in [0.15, 0.2) is 0 Å². The van der Waals surface area contributed by atoms with Gasteiger partial charge in [0.2, 0.25) is 0 Å². The molecule has 0 amide bonds. The Morgan fingerprint density at radius 3 is 2.50 bits per heavy atom. The molecular weight excluding hydrogens is 280 g/mol. The monoisotopic (exact) mass is 300 g/mol. The normalized spacial score (nSPS) is 15.0. The first-order valence-electron chi connectivity index (χ1n) is 7.55. The maximum absolute atomic E-state index is 11.1. The zero-order valence-electron chi connectivity index (χ0n) is 12.7. The van der Waals surface area contributed by atoms with Gasteiger partial charge in [-0.15, -0.1) is 0 Å². The molecule has 0 atom stereocenters. The number of para-hydroxylation sites is 2. The molecular formula is C16H20N4O2. The summed E-state index contributed by atoms with van der Waals surface area (Å²) < 4.78 is 5.71. The standard InChI is InChI=1S/C16H20N4O2/c1-2-22-14-6-4-3-5-13(14)19-9-11-20(12-10-19)15-7-8-16(21)18-17-15/h3-8H,2,9-12H2,1H3,(H,18,21). The third-order valence-electron chi connectivity index (χ3n) is 3.77. The van der Waals surface area contributed by atoms with Crippen LogP contribution in [0.5, 0.6) is 5.75 Å². The van der Waals surface area contributed by atoms with E-state index >= 15 is 0 Å². The van der Waals surface area contributed by atoms with Crippen LogP contribution < -0.4 is 20.1 Å². The molecule has 0 bridgehead atoms. The average molecular weight is 300 g/mol. The topological polar surface area (TPSA) is 61.5 Å². The van der Waals surface area contributed by atoms with Crippen molar-refractivity contribution in [3.05, 3.63) is 46.8 Å². The highest BCUT2D eigenvalue weighted by molar-refractivity contribution is 5.59. The first-order chi connectivity index (χ1) is 10.8. The molecule has 0 saturated carbocycles. The Morgan fingerprint density at radius 1 is 1.09 bits per heavy atom. The Kier molecular flexibility index (Phi) is 4.27. The Balaban J connectivity index is 1.69. The summed E-state index contributed by atoms with van der Waals surface area (Å²) in [5.74, 6) is 1.75. The number of anilines is 2. The van der Waals surface area contributed by atoms with Gasteiger partial charge in [0.05, 0.1) is 12.3 Å². The van der Waals surface area contributed by atoms with Crippen molar-refractivity contribution < 1.29 is 4.74 Å². The maximum Gasteiger partial charge on any atom is 0.264 e. The number of H-pyrrole nitrogens is 1. The quantitative estimate of drug-likeness (QED) is 0.927. The molecule has 3 rings (SSSR count). The van der Waals surface area contributed by atoms with Crippen molar-refractivity contribution in [1.29, 1.82) is 0 Å². The smallest absolute Gasteiger partial charge is 0.264 e. The first-order valence-corrected chi connectivity index (χ1v) is 7.55. The Morgan fingerprint density at radius 2 is 1.82 bits per heavy atom. The summed E-state index contributed by atoms with van der Waals surface area (Å²) in [7, 11) is 0. The van der Waals surface area contributed by atoms with Crippen LogP contribution in [0.2, 0.25) is 0 Å². The Labute approximate surface area is 129 Å². The summed E-state index contributed by atoms with van der Waals surface area (Å²) in [4.78, 5) is 15.6. The largest absolute Gasteiger partial charge is 0.492 e. The molecule has 0 spiro atoms. The number of hydrogen-bond acceptors (Lipinski definition) is 5. The molecule has 116 valence electrons. The van der Waals surface area contributed by atoms with Gasteiger partial charge in [-0.3, -0.25) is 4.79 Å². The van der Waals surface area contributed by atoms with E-state index in [0.29, 0.717) is 6.61 Å². The zero-order chi connectivity index (χ0) is 15.4. The minimum atomic E-state index is -0.173. The molecule has 0 aliphatic carbocycles. The Bertz CT molecular complexity index is 657. The fraction of sp³-hybridized carbons (Fsp3) is 0.375. The highest BCUT2D eigenvalue weighted by Crippen LogP contribution is 2.29.